The predicted octanol–water partition coefficient (Wildman–Crippen LogP) is 4.96. The summed E-state index contributed by atoms with van der Waals surface area (Å²) in [6.45, 7) is 7.34. The molecule has 0 radical (unpaired) electrons. The molecule has 1 aromatic heterocycles. The van der Waals surface area contributed by atoms with Crippen molar-refractivity contribution in [3.63, 3.8) is 0 Å². The fourth-order valence-corrected chi connectivity index (χ4v) is 7.38. The van der Waals surface area contributed by atoms with Crippen LogP contribution in [0.3, 0.4) is 0 Å². The number of benzene rings is 2. The highest BCUT2D eigenvalue weighted by Crippen LogP contribution is 2.46. The maximum atomic E-state index is 13.9. The van der Waals surface area contributed by atoms with Gasteiger partial charge >= 0.3 is 6.01 Å². The molecule has 3 aliphatic heterocycles. The lowest BCUT2D eigenvalue weighted by molar-refractivity contribution is -0.131. The van der Waals surface area contributed by atoms with Crippen LogP contribution in [0.4, 0.5) is 15.9 Å². The van der Waals surface area contributed by atoms with Gasteiger partial charge in [-0.2, -0.15) is 15.2 Å². The van der Waals surface area contributed by atoms with Gasteiger partial charge in [-0.25, -0.2) is 4.39 Å². The monoisotopic (exact) mass is 609 g/mol. The van der Waals surface area contributed by atoms with Crippen LogP contribution in [-0.4, -0.2) is 84.1 Å². The van der Waals surface area contributed by atoms with Gasteiger partial charge in [0.15, 0.2) is 5.83 Å². The molecule has 1 aliphatic carbocycles. The molecule has 1 saturated carbocycles. The van der Waals surface area contributed by atoms with Gasteiger partial charge in [0.05, 0.1) is 30.8 Å². The zero-order valence-electron chi connectivity index (χ0n) is 25.9. The van der Waals surface area contributed by atoms with Crippen molar-refractivity contribution in [3.05, 3.63) is 65.6 Å². The van der Waals surface area contributed by atoms with Gasteiger partial charge in [0, 0.05) is 48.9 Å². The van der Waals surface area contributed by atoms with Gasteiger partial charge in [-0.15, -0.1) is 0 Å². The fraction of sp³-hybridized carbons (Fsp3) is 0.486. The molecule has 9 nitrogen and oxygen atoms in total. The second kappa shape index (κ2) is 12.3. The molecule has 10 heteroatoms. The molecule has 2 atom stereocenters. The van der Waals surface area contributed by atoms with Crippen LogP contribution in [0, 0.1) is 11.3 Å². The molecule has 0 N–H and O–H groups in total. The molecule has 4 heterocycles. The molecule has 4 aliphatic rings. The number of likely N-dealkylation sites (tertiary alicyclic amines) is 1. The largest absolute Gasteiger partial charge is 0.462 e. The third-order valence-corrected chi connectivity index (χ3v) is 9.97. The maximum Gasteiger partial charge on any atom is 0.318 e. The van der Waals surface area contributed by atoms with Crippen LogP contribution in [0.2, 0.25) is 0 Å². The molecule has 1 amide bonds. The molecule has 0 spiro atoms. The van der Waals surface area contributed by atoms with E-state index in [-0.39, 0.29) is 13.0 Å². The van der Waals surface area contributed by atoms with E-state index in [2.05, 4.69) is 70.8 Å². The SMILES string of the molecule is C=C(F)C(=O)N1CCN(c2nc(OCC3CCCN3C)nc3c2CCN(c2cccc4cccc(C5CC5)c24)C3)C[C@@H]1CC#N. The first-order valence-electron chi connectivity index (χ1n) is 16.2. The van der Waals surface area contributed by atoms with Crippen molar-refractivity contribution in [2.24, 2.45) is 0 Å². The molecule has 3 fully saturated rings. The van der Waals surface area contributed by atoms with E-state index in [1.165, 1.54) is 39.8 Å². The Bertz CT molecular complexity index is 1660. The summed E-state index contributed by atoms with van der Waals surface area (Å²) in [5.41, 5.74) is 4.69. The molecule has 7 rings (SSSR count). The number of nitrogens with zero attached hydrogens (tertiary/aromatic N) is 7. The molecular weight excluding hydrogens is 569 g/mol. The summed E-state index contributed by atoms with van der Waals surface area (Å²) in [6.07, 6.45) is 5.57. The number of ether oxygens (including phenoxy) is 1. The molecule has 1 unspecified atom stereocenters. The summed E-state index contributed by atoms with van der Waals surface area (Å²) in [7, 11) is 2.13. The number of hydrogen-bond acceptors (Lipinski definition) is 8. The summed E-state index contributed by atoms with van der Waals surface area (Å²) in [6, 6.07) is 15.6. The third-order valence-electron chi connectivity index (χ3n) is 9.97. The summed E-state index contributed by atoms with van der Waals surface area (Å²) in [5.74, 6) is -0.325. The second-order valence-electron chi connectivity index (χ2n) is 12.9. The Morgan fingerprint density at radius 2 is 1.89 bits per heavy atom. The average molecular weight is 610 g/mol. The Morgan fingerprint density at radius 1 is 1.07 bits per heavy atom. The quantitative estimate of drug-likeness (QED) is 0.332. The number of rotatable bonds is 8. The Balaban J connectivity index is 1.22. The number of aromatic nitrogens is 2. The van der Waals surface area contributed by atoms with Gasteiger partial charge in [0.25, 0.3) is 5.91 Å². The lowest BCUT2D eigenvalue weighted by Crippen LogP contribution is -2.55. The molecule has 2 aromatic carbocycles. The van der Waals surface area contributed by atoms with E-state index >= 15 is 0 Å². The van der Waals surface area contributed by atoms with Crippen molar-refractivity contribution in [1.82, 2.24) is 19.8 Å². The Labute approximate surface area is 263 Å². The summed E-state index contributed by atoms with van der Waals surface area (Å²) in [4.78, 5) is 30.8. The van der Waals surface area contributed by atoms with E-state index in [1.807, 2.05) is 0 Å². The smallest absolute Gasteiger partial charge is 0.318 e. The topological polar surface area (TPSA) is 88.8 Å². The van der Waals surface area contributed by atoms with E-state index in [9.17, 15) is 14.4 Å². The molecule has 234 valence electrons. The number of carbonyl (C=O) groups excluding carboxylic acids is 1. The van der Waals surface area contributed by atoms with Gasteiger partial charge in [-0.3, -0.25) is 4.79 Å². The molecular formula is C35H40FN7O2. The number of nitriles is 1. The summed E-state index contributed by atoms with van der Waals surface area (Å²) >= 11 is 0. The minimum absolute atomic E-state index is 0.0956. The number of anilines is 2. The van der Waals surface area contributed by atoms with E-state index in [0.29, 0.717) is 44.2 Å². The fourth-order valence-electron chi connectivity index (χ4n) is 7.38. The van der Waals surface area contributed by atoms with Crippen LogP contribution in [0.15, 0.2) is 48.8 Å². The van der Waals surface area contributed by atoms with Crippen LogP contribution in [0.25, 0.3) is 10.8 Å². The van der Waals surface area contributed by atoms with E-state index in [0.717, 1.165) is 49.4 Å². The first kappa shape index (κ1) is 29.5. The van der Waals surface area contributed by atoms with Crippen LogP contribution < -0.4 is 14.5 Å². The third kappa shape index (κ3) is 5.82. The highest BCUT2D eigenvalue weighted by Gasteiger charge is 2.35. The van der Waals surface area contributed by atoms with E-state index < -0.39 is 17.8 Å². The highest BCUT2D eigenvalue weighted by atomic mass is 19.1. The van der Waals surface area contributed by atoms with Gasteiger partial charge in [-0.05, 0) is 68.6 Å². The summed E-state index contributed by atoms with van der Waals surface area (Å²) < 4.78 is 20.2. The van der Waals surface area contributed by atoms with Crippen LogP contribution >= 0.6 is 0 Å². The van der Waals surface area contributed by atoms with Gasteiger partial charge in [0.1, 0.15) is 12.4 Å². The van der Waals surface area contributed by atoms with Gasteiger partial charge in [0.2, 0.25) is 0 Å². The number of likely N-dealkylation sites (N-methyl/N-ethyl adjacent to an activating group) is 1. The van der Waals surface area contributed by atoms with Gasteiger partial charge in [-0.1, -0.05) is 36.9 Å². The number of hydrogen-bond donors (Lipinski definition) is 0. The van der Waals surface area contributed by atoms with Crippen LogP contribution in [0.1, 0.15) is 54.8 Å². The first-order valence-corrected chi connectivity index (χ1v) is 16.2. The molecule has 0 bridgehead atoms. The number of fused-ring (bicyclic) bond motifs is 2. The average Bonchev–Trinajstić information content (AvgIpc) is 3.82. The zero-order valence-corrected chi connectivity index (χ0v) is 25.9. The first-order chi connectivity index (χ1) is 21.9. The van der Waals surface area contributed by atoms with E-state index in [1.54, 1.807) is 0 Å². The lowest BCUT2D eigenvalue weighted by Gasteiger charge is -2.42. The Hall–Kier alpha value is -4.23. The minimum atomic E-state index is -1.00. The van der Waals surface area contributed by atoms with Crippen molar-refractivity contribution in [2.75, 3.05) is 56.2 Å². The maximum absolute atomic E-state index is 13.9. The normalized spacial score (nSPS) is 21.9. The molecule has 2 saturated heterocycles. The Morgan fingerprint density at radius 3 is 2.62 bits per heavy atom. The number of halogens is 1. The second-order valence-corrected chi connectivity index (χ2v) is 12.9. The van der Waals surface area contributed by atoms with Gasteiger partial charge < -0.3 is 24.3 Å². The van der Waals surface area contributed by atoms with E-state index in [4.69, 9.17) is 14.7 Å². The highest BCUT2D eigenvalue weighted by molar-refractivity contribution is 5.97. The van der Waals surface area contributed by atoms with Crippen molar-refractivity contribution >= 4 is 28.2 Å². The lowest BCUT2D eigenvalue weighted by atomic mass is 9.97. The van der Waals surface area contributed by atoms with Crippen molar-refractivity contribution < 1.29 is 13.9 Å². The predicted molar refractivity (Wildman–Crippen MR) is 172 cm³/mol. The number of amides is 1. The van der Waals surface area contributed by atoms with Crippen molar-refractivity contribution in [3.8, 4) is 12.1 Å². The van der Waals surface area contributed by atoms with Crippen LogP contribution in [-0.2, 0) is 17.8 Å². The van der Waals surface area contributed by atoms with Crippen molar-refractivity contribution in [2.45, 2.75) is 63.1 Å². The Kier molecular flexibility index (Phi) is 8.04. The number of carbonyl (C=O) groups is 1. The zero-order chi connectivity index (χ0) is 31.1. The van der Waals surface area contributed by atoms with Crippen LogP contribution in [0.5, 0.6) is 6.01 Å². The number of piperazine rings is 1. The van der Waals surface area contributed by atoms with Crippen molar-refractivity contribution in [1.29, 1.82) is 5.26 Å². The molecule has 3 aromatic rings. The molecule has 45 heavy (non-hydrogen) atoms. The minimum Gasteiger partial charge on any atom is -0.462 e. The summed E-state index contributed by atoms with van der Waals surface area (Å²) in [5, 5.41) is 12.1. The standard InChI is InChI=1S/C35H40FN7O2/c1-23(36)34(44)43-19-18-42(20-26(43)13-15-37)33-29-14-17-41(21-30(29)38-35(39-33)45-22-27-8-5-16-40(27)2)31-10-4-7-25-6-3-9-28(32(25)31)24-11-12-24/h3-4,6-7,9-10,24,26-27H,1,5,8,11-14,16-22H2,2H3/t26-,27?/m0/s1.